The number of hydrogen-bond donors (Lipinski definition) is 1. The number of nitrogens with two attached hydrogens (primary N) is 1. The lowest BCUT2D eigenvalue weighted by Gasteiger charge is -2.34. The van der Waals surface area contributed by atoms with Crippen molar-refractivity contribution in [3.63, 3.8) is 0 Å². The molecule has 4 heteroatoms. The van der Waals surface area contributed by atoms with Crippen LogP contribution < -0.4 is 5.73 Å². The van der Waals surface area contributed by atoms with E-state index in [2.05, 4.69) is 0 Å². The second-order valence-electron chi connectivity index (χ2n) is 4.15. The van der Waals surface area contributed by atoms with Crippen molar-refractivity contribution >= 4 is 0 Å². The van der Waals surface area contributed by atoms with Gasteiger partial charge >= 0.3 is 0 Å². The van der Waals surface area contributed by atoms with Crippen LogP contribution in [0.2, 0.25) is 0 Å². The van der Waals surface area contributed by atoms with Crippen LogP contribution in [0.4, 0.5) is 0 Å². The molecule has 0 aromatic carbocycles. The predicted octanol–water partition coefficient (Wildman–Crippen LogP) is 0.256. The SMILES string of the molecule is CC1(C)OCCC12OCC(CN)O2. The third-order valence-corrected chi connectivity index (χ3v) is 2.93. The Morgan fingerprint density at radius 1 is 1.38 bits per heavy atom. The Labute approximate surface area is 78.3 Å². The molecule has 13 heavy (non-hydrogen) atoms. The number of rotatable bonds is 1. The maximum absolute atomic E-state index is 5.80. The number of ether oxygens (including phenoxy) is 3. The van der Waals surface area contributed by atoms with Crippen molar-refractivity contribution < 1.29 is 14.2 Å². The van der Waals surface area contributed by atoms with Gasteiger partial charge in [0.1, 0.15) is 5.60 Å². The average Bonchev–Trinajstić information content (AvgIpc) is 2.60. The largest absolute Gasteiger partial charge is 0.370 e. The minimum Gasteiger partial charge on any atom is -0.370 e. The zero-order valence-electron chi connectivity index (χ0n) is 8.21. The van der Waals surface area contributed by atoms with Gasteiger partial charge in [-0.3, -0.25) is 0 Å². The van der Waals surface area contributed by atoms with E-state index < -0.39 is 5.79 Å². The van der Waals surface area contributed by atoms with E-state index in [9.17, 15) is 0 Å². The van der Waals surface area contributed by atoms with Crippen molar-refractivity contribution in [2.75, 3.05) is 19.8 Å². The summed E-state index contributed by atoms with van der Waals surface area (Å²) in [5, 5.41) is 0. The Morgan fingerprint density at radius 2 is 2.15 bits per heavy atom. The monoisotopic (exact) mass is 187 g/mol. The number of hydrogen-bond acceptors (Lipinski definition) is 4. The summed E-state index contributed by atoms with van der Waals surface area (Å²) in [6.45, 7) is 5.79. The van der Waals surface area contributed by atoms with Gasteiger partial charge in [0.15, 0.2) is 5.79 Å². The Kier molecular flexibility index (Phi) is 2.11. The van der Waals surface area contributed by atoms with E-state index in [1.807, 2.05) is 13.8 Å². The van der Waals surface area contributed by atoms with Gasteiger partial charge in [-0.15, -0.1) is 0 Å². The fourth-order valence-electron chi connectivity index (χ4n) is 1.98. The second kappa shape index (κ2) is 2.92. The first-order valence-corrected chi connectivity index (χ1v) is 4.75. The zero-order chi connectivity index (χ0) is 9.53. The first-order chi connectivity index (χ1) is 6.10. The molecule has 0 radical (unpaired) electrons. The summed E-state index contributed by atoms with van der Waals surface area (Å²) in [5.74, 6) is -0.545. The van der Waals surface area contributed by atoms with E-state index in [-0.39, 0.29) is 11.7 Å². The molecule has 2 rings (SSSR count). The van der Waals surface area contributed by atoms with E-state index in [1.54, 1.807) is 0 Å². The van der Waals surface area contributed by atoms with Crippen molar-refractivity contribution in [3.05, 3.63) is 0 Å². The summed E-state index contributed by atoms with van der Waals surface area (Å²) >= 11 is 0. The quantitative estimate of drug-likeness (QED) is 0.639. The molecule has 2 aliphatic heterocycles. The van der Waals surface area contributed by atoms with Crippen LogP contribution in [0.15, 0.2) is 0 Å². The van der Waals surface area contributed by atoms with Gasteiger partial charge in [-0.25, -0.2) is 0 Å². The minimum absolute atomic E-state index is 0.0287. The van der Waals surface area contributed by atoms with Crippen LogP contribution in [0, 0.1) is 0 Å². The van der Waals surface area contributed by atoms with Crippen LogP contribution in [-0.4, -0.2) is 37.3 Å². The highest BCUT2D eigenvalue weighted by Gasteiger charge is 2.57. The predicted molar refractivity (Wildman–Crippen MR) is 47.3 cm³/mol. The molecule has 2 aliphatic rings. The molecule has 2 atom stereocenters. The topological polar surface area (TPSA) is 53.7 Å². The molecule has 4 nitrogen and oxygen atoms in total. The van der Waals surface area contributed by atoms with Crippen molar-refractivity contribution in [2.24, 2.45) is 5.73 Å². The minimum atomic E-state index is -0.545. The Hall–Kier alpha value is -0.160. The summed E-state index contributed by atoms with van der Waals surface area (Å²) < 4.78 is 17.1. The van der Waals surface area contributed by atoms with Gasteiger partial charge < -0.3 is 19.9 Å². The molecule has 0 saturated carbocycles. The molecule has 2 unspecified atom stereocenters. The highest BCUT2D eigenvalue weighted by molar-refractivity contribution is 4.97. The molecule has 0 aliphatic carbocycles. The Bertz CT molecular complexity index is 207. The van der Waals surface area contributed by atoms with Crippen molar-refractivity contribution in [2.45, 2.75) is 37.8 Å². The summed E-state index contributed by atoms with van der Waals surface area (Å²) in [6.07, 6.45) is 0.831. The summed E-state index contributed by atoms with van der Waals surface area (Å²) in [6, 6.07) is 0. The normalized spacial score (nSPS) is 43.2. The smallest absolute Gasteiger partial charge is 0.199 e. The molecule has 0 aromatic heterocycles. The fourth-order valence-corrected chi connectivity index (χ4v) is 1.98. The highest BCUT2D eigenvalue weighted by atomic mass is 16.8. The molecule has 0 aromatic rings. The van der Waals surface area contributed by atoms with E-state index in [1.165, 1.54) is 0 Å². The standard InChI is InChI=1S/C9H17NO3/c1-8(2)9(3-4-11-8)12-6-7(5-10)13-9/h7H,3-6,10H2,1-2H3. The Balaban J connectivity index is 2.13. The van der Waals surface area contributed by atoms with Crippen LogP contribution in [0.3, 0.4) is 0 Å². The van der Waals surface area contributed by atoms with Crippen molar-refractivity contribution in [1.82, 2.24) is 0 Å². The third-order valence-electron chi connectivity index (χ3n) is 2.93. The van der Waals surface area contributed by atoms with E-state index in [0.29, 0.717) is 19.8 Å². The van der Waals surface area contributed by atoms with Crippen molar-refractivity contribution in [1.29, 1.82) is 0 Å². The van der Waals surface area contributed by atoms with Crippen LogP contribution in [0.1, 0.15) is 20.3 Å². The summed E-state index contributed by atoms with van der Waals surface area (Å²) in [7, 11) is 0. The lowest BCUT2D eigenvalue weighted by molar-refractivity contribution is -0.232. The second-order valence-corrected chi connectivity index (χ2v) is 4.15. The molecular formula is C9H17NO3. The van der Waals surface area contributed by atoms with Crippen LogP contribution >= 0.6 is 0 Å². The fraction of sp³-hybridized carbons (Fsp3) is 1.00. The van der Waals surface area contributed by atoms with E-state index >= 15 is 0 Å². The van der Waals surface area contributed by atoms with Gasteiger partial charge in [-0.1, -0.05) is 0 Å². The molecule has 2 heterocycles. The molecule has 0 bridgehead atoms. The van der Waals surface area contributed by atoms with Crippen LogP contribution in [0.5, 0.6) is 0 Å². The third kappa shape index (κ3) is 1.29. The maximum atomic E-state index is 5.80. The van der Waals surface area contributed by atoms with Gasteiger partial charge in [0.05, 0.1) is 19.3 Å². The summed E-state index contributed by atoms with van der Waals surface area (Å²) in [4.78, 5) is 0. The molecule has 0 amide bonds. The highest BCUT2D eigenvalue weighted by Crippen LogP contribution is 2.43. The molecule has 2 saturated heterocycles. The van der Waals surface area contributed by atoms with Gasteiger partial charge in [-0.05, 0) is 13.8 Å². The molecule has 2 N–H and O–H groups in total. The molecular weight excluding hydrogens is 170 g/mol. The van der Waals surface area contributed by atoms with Gasteiger partial charge in [0.25, 0.3) is 0 Å². The van der Waals surface area contributed by atoms with Crippen molar-refractivity contribution in [3.8, 4) is 0 Å². The molecule has 2 fully saturated rings. The van der Waals surface area contributed by atoms with Gasteiger partial charge in [-0.2, -0.15) is 0 Å². The first-order valence-electron chi connectivity index (χ1n) is 4.75. The van der Waals surface area contributed by atoms with Crippen LogP contribution in [0.25, 0.3) is 0 Å². The van der Waals surface area contributed by atoms with E-state index in [0.717, 1.165) is 6.42 Å². The lowest BCUT2D eigenvalue weighted by Crippen LogP contribution is -2.48. The Morgan fingerprint density at radius 3 is 2.62 bits per heavy atom. The summed E-state index contributed by atoms with van der Waals surface area (Å²) in [5.41, 5.74) is 5.18. The molecule has 1 spiro atoms. The maximum Gasteiger partial charge on any atom is 0.199 e. The van der Waals surface area contributed by atoms with E-state index in [4.69, 9.17) is 19.9 Å². The average molecular weight is 187 g/mol. The van der Waals surface area contributed by atoms with Gasteiger partial charge in [0, 0.05) is 13.0 Å². The molecule has 76 valence electrons. The zero-order valence-corrected chi connectivity index (χ0v) is 8.21. The first kappa shape index (κ1) is 9.40. The van der Waals surface area contributed by atoms with Gasteiger partial charge in [0.2, 0.25) is 0 Å². The van der Waals surface area contributed by atoms with Crippen LogP contribution in [-0.2, 0) is 14.2 Å². The lowest BCUT2D eigenvalue weighted by atomic mass is 9.97.